The van der Waals surface area contributed by atoms with Crippen LogP contribution in [0.25, 0.3) is 11.1 Å². The number of ketones is 1. The molecule has 6 nitrogen and oxygen atoms in total. The Labute approximate surface area is 141 Å². The molecule has 0 amide bonds. The first-order valence-electron chi connectivity index (χ1n) is 7.58. The van der Waals surface area contributed by atoms with Crippen LogP contribution in [0.5, 0.6) is 0 Å². The Morgan fingerprint density at radius 3 is 2.60 bits per heavy atom. The molecule has 0 radical (unpaired) electrons. The van der Waals surface area contributed by atoms with Gasteiger partial charge in [0, 0.05) is 6.54 Å². The highest BCUT2D eigenvalue weighted by molar-refractivity contribution is 5.98. The van der Waals surface area contributed by atoms with Crippen LogP contribution in [-0.2, 0) is 16.1 Å². The summed E-state index contributed by atoms with van der Waals surface area (Å²) in [6.07, 6.45) is -0.117. The van der Waals surface area contributed by atoms with Crippen molar-refractivity contribution in [1.29, 1.82) is 0 Å². The van der Waals surface area contributed by atoms with Crippen molar-refractivity contribution in [2.75, 3.05) is 6.61 Å². The minimum atomic E-state index is -0.667. The predicted octanol–water partition coefficient (Wildman–Crippen LogP) is 2.55. The maximum atomic E-state index is 13.5. The maximum absolute atomic E-state index is 13.5. The van der Waals surface area contributed by atoms with E-state index in [1.165, 1.54) is 22.8 Å². The van der Waals surface area contributed by atoms with Gasteiger partial charge in [-0.25, -0.2) is 9.18 Å². The number of oxazole rings is 1. The number of rotatable bonds is 6. The van der Waals surface area contributed by atoms with Gasteiger partial charge in [-0.1, -0.05) is 24.3 Å². The number of carbonyl (C=O) groups excluding carboxylic acids is 2. The van der Waals surface area contributed by atoms with E-state index >= 15 is 0 Å². The van der Waals surface area contributed by atoms with Crippen LogP contribution in [0, 0.1) is 5.82 Å². The van der Waals surface area contributed by atoms with Gasteiger partial charge in [0.05, 0.1) is 17.5 Å². The summed E-state index contributed by atoms with van der Waals surface area (Å²) in [7, 11) is 0. The van der Waals surface area contributed by atoms with Crippen molar-refractivity contribution < 1.29 is 23.1 Å². The van der Waals surface area contributed by atoms with Crippen LogP contribution in [-0.4, -0.2) is 22.9 Å². The lowest BCUT2D eigenvalue weighted by Gasteiger charge is -2.05. The number of ether oxygens (including phenoxy) is 1. The van der Waals surface area contributed by atoms with Crippen molar-refractivity contribution in [3.63, 3.8) is 0 Å². The predicted molar refractivity (Wildman–Crippen MR) is 86.8 cm³/mol. The van der Waals surface area contributed by atoms with E-state index in [0.29, 0.717) is 11.1 Å². The van der Waals surface area contributed by atoms with Gasteiger partial charge < -0.3 is 9.15 Å². The highest BCUT2D eigenvalue weighted by Crippen LogP contribution is 2.12. The number of aryl methyl sites for hydroxylation is 1. The third kappa shape index (κ3) is 3.65. The molecule has 0 aliphatic heterocycles. The van der Waals surface area contributed by atoms with Gasteiger partial charge in [-0.15, -0.1) is 0 Å². The van der Waals surface area contributed by atoms with Crippen LogP contribution in [0.3, 0.4) is 0 Å². The molecule has 0 fully saturated rings. The number of esters is 1. The monoisotopic (exact) mass is 343 g/mol. The molecule has 25 heavy (non-hydrogen) atoms. The molecule has 0 N–H and O–H groups in total. The Hall–Kier alpha value is -3.22. The first-order valence-corrected chi connectivity index (χ1v) is 7.58. The van der Waals surface area contributed by atoms with Gasteiger partial charge in [0.1, 0.15) is 5.82 Å². The van der Waals surface area contributed by atoms with Crippen molar-refractivity contribution in [3.8, 4) is 0 Å². The molecule has 0 bridgehead atoms. The van der Waals surface area contributed by atoms with E-state index in [-0.39, 0.29) is 18.5 Å². The van der Waals surface area contributed by atoms with Crippen LogP contribution in [0.2, 0.25) is 0 Å². The molecule has 3 aromatic rings. The van der Waals surface area contributed by atoms with Gasteiger partial charge in [0.2, 0.25) is 5.78 Å². The number of carbonyl (C=O) groups is 2. The smallest absolute Gasteiger partial charge is 0.419 e. The number of para-hydroxylation sites is 2. The summed E-state index contributed by atoms with van der Waals surface area (Å²) in [5, 5.41) is 0. The zero-order valence-corrected chi connectivity index (χ0v) is 13.1. The lowest BCUT2D eigenvalue weighted by molar-refractivity contribution is -0.142. The lowest BCUT2D eigenvalue weighted by Crippen LogP contribution is -2.19. The van der Waals surface area contributed by atoms with Crippen molar-refractivity contribution in [3.05, 3.63) is 70.5 Å². The average Bonchev–Trinajstić information content (AvgIpc) is 2.93. The fraction of sp³-hybridized carbons (Fsp3) is 0.167. The lowest BCUT2D eigenvalue weighted by atomic mass is 10.1. The number of nitrogens with zero attached hydrogens (tertiary/aromatic N) is 1. The van der Waals surface area contributed by atoms with Gasteiger partial charge in [0.15, 0.2) is 12.2 Å². The number of aromatic nitrogens is 1. The van der Waals surface area contributed by atoms with Gasteiger partial charge in [0.25, 0.3) is 0 Å². The number of fused-ring (bicyclic) bond motifs is 1. The minimum absolute atomic E-state index is 0.0581. The van der Waals surface area contributed by atoms with E-state index in [1.54, 1.807) is 24.3 Å². The highest BCUT2D eigenvalue weighted by atomic mass is 19.1. The molecule has 2 aromatic carbocycles. The Kier molecular flexibility index (Phi) is 4.74. The summed E-state index contributed by atoms with van der Waals surface area (Å²) in [6.45, 7) is -0.497. The van der Waals surface area contributed by atoms with Crippen LogP contribution in [0.1, 0.15) is 16.8 Å². The largest absolute Gasteiger partial charge is 0.457 e. The molecule has 1 heterocycles. The normalized spacial score (nSPS) is 10.8. The minimum Gasteiger partial charge on any atom is -0.457 e. The number of benzene rings is 2. The quantitative estimate of drug-likeness (QED) is 0.508. The van der Waals surface area contributed by atoms with Crippen LogP contribution >= 0.6 is 0 Å². The van der Waals surface area contributed by atoms with Crippen LogP contribution < -0.4 is 5.76 Å². The Balaban J connectivity index is 1.58. The standard InChI is InChI=1S/C18H14FNO5/c19-13-6-2-1-5-12(13)15(21)11-24-17(22)9-10-20-14-7-3-4-8-16(14)25-18(20)23/h1-8H,9-11H2. The molecule has 7 heteroatoms. The second-order valence-electron chi connectivity index (χ2n) is 5.30. The van der Waals surface area contributed by atoms with E-state index in [1.807, 2.05) is 0 Å². The van der Waals surface area contributed by atoms with Crippen molar-refractivity contribution in [1.82, 2.24) is 4.57 Å². The molecule has 128 valence electrons. The van der Waals surface area contributed by atoms with Crippen LogP contribution in [0.15, 0.2) is 57.7 Å². The SMILES string of the molecule is O=C(CCn1c(=O)oc2ccccc21)OCC(=O)c1ccccc1F. The third-order valence-electron chi connectivity index (χ3n) is 3.65. The topological polar surface area (TPSA) is 78.5 Å². The molecule has 1 aromatic heterocycles. The molecule has 0 aliphatic carbocycles. The number of halogens is 1. The number of hydrogen-bond donors (Lipinski definition) is 0. The fourth-order valence-electron chi connectivity index (χ4n) is 2.41. The number of hydrogen-bond acceptors (Lipinski definition) is 5. The van der Waals surface area contributed by atoms with Gasteiger partial charge in [-0.2, -0.15) is 0 Å². The van der Waals surface area contributed by atoms with E-state index in [2.05, 4.69) is 0 Å². The van der Waals surface area contributed by atoms with E-state index in [4.69, 9.17) is 9.15 Å². The van der Waals surface area contributed by atoms with Crippen molar-refractivity contribution in [2.45, 2.75) is 13.0 Å². The zero-order valence-electron chi connectivity index (χ0n) is 13.1. The first kappa shape index (κ1) is 16.6. The van der Waals surface area contributed by atoms with Crippen molar-refractivity contribution >= 4 is 22.9 Å². The summed E-state index contributed by atoms with van der Waals surface area (Å²) in [5.41, 5.74) is 0.866. The zero-order chi connectivity index (χ0) is 17.8. The van der Waals surface area contributed by atoms with Gasteiger partial charge in [-0.3, -0.25) is 14.2 Å². The third-order valence-corrected chi connectivity index (χ3v) is 3.65. The second-order valence-corrected chi connectivity index (χ2v) is 5.30. The fourth-order valence-corrected chi connectivity index (χ4v) is 2.41. The van der Waals surface area contributed by atoms with Crippen molar-refractivity contribution in [2.24, 2.45) is 0 Å². The van der Waals surface area contributed by atoms with Gasteiger partial charge in [-0.05, 0) is 24.3 Å². The molecule has 0 saturated carbocycles. The van der Waals surface area contributed by atoms with Crippen LogP contribution in [0.4, 0.5) is 4.39 Å². The van der Waals surface area contributed by atoms with E-state index in [9.17, 15) is 18.8 Å². The number of Topliss-reactive ketones (excluding diaryl/α,β-unsaturated/α-hetero) is 1. The molecule has 0 aliphatic rings. The first-order chi connectivity index (χ1) is 12.1. The summed E-state index contributed by atoms with van der Waals surface area (Å²) in [6, 6.07) is 12.3. The molecule has 0 atom stereocenters. The summed E-state index contributed by atoms with van der Waals surface area (Å²) in [5.74, 6) is -2.53. The summed E-state index contributed by atoms with van der Waals surface area (Å²) >= 11 is 0. The summed E-state index contributed by atoms with van der Waals surface area (Å²) < 4.78 is 24.7. The Morgan fingerprint density at radius 1 is 1.08 bits per heavy atom. The molecular formula is C18H14FNO5. The van der Waals surface area contributed by atoms with E-state index in [0.717, 1.165) is 6.07 Å². The van der Waals surface area contributed by atoms with E-state index < -0.39 is 29.9 Å². The molecule has 0 saturated heterocycles. The maximum Gasteiger partial charge on any atom is 0.419 e. The van der Waals surface area contributed by atoms with Gasteiger partial charge >= 0.3 is 11.7 Å². The summed E-state index contributed by atoms with van der Waals surface area (Å²) in [4.78, 5) is 35.4. The molecule has 3 rings (SSSR count). The highest BCUT2D eigenvalue weighted by Gasteiger charge is 2.15. The molecule has 0 spiro atoms. The molecule has 0 unspecified atom stereocenters. The Bertz CT molecular complexity index is 988. The molecular weight excluding hydrogens is 329 g/mol. The Morgan fingerprint density at radius 2 is 1.80 bits per heavy atom. The average molecular weight is 343 g/mol. The second kappa shape index (κ2) is 7.12.